The Hall–Kier alpha value is -3.68. The number of hydrogen-bond donors (Lipinski definition) is 1. The van der Waals surface area contributed by atoms with Crippen molar-refractivity contribution >= 4 is 17.5 Å². The molecule has 0 saturated carbocycles. The Balaban J connectivity index is 1.89. The first-order valence-corrected chi connectivity index (χ1v) is 9.49. The number of ether oxygens (including phenoxy) is 2. The Bertz CT molecular complexity index is 1110. The number of aromatic nitrogens is 2. The highest BCUT2D eigenvalue weighted by Gasteiger charge is 2.23. The number of rotatable bonds is 7. The molecule has 1 unspecified atom stereocenters. The Morgan fingerprint density at radius 1 is 1.13 bits per heavy atom. The van der Waals surface area contributed by atoms with Gasteiger partial charge in [-0.25, -0.2) is 4.98 Å². The van der Waals surface area contributed by atoms with Gasteiger partial charge in [-0.3, -0.25) is 18.8 Å². The van der Waals surface area contributed by atoms with Crippen LogP contribution in [0.2, 0.25) is 0 Å². The lowest BCUT2D eigenvalue weighted by Gasteiger charge is -2.19. The van der Waals surface area contributed by atoms with Crippen LogP contribution in [0.4, 0.5) is 0 Å². The van der Waals surface area contributed by atoms with Crippen LogP contribution in [0.25, 0.3) is 5.65 Å². The molecule has 1 amide bonds. The summed E-state index contributed by atoms with van der Waals surface area (Å²) in [5, 5.41) is 2.76. The Labute approximate surface area is 173 Å². The van der Waals surface area contributed by atoms with E-state index < -0.39 is 23.5 Å². The van der Waals surface area contributed by atoms with Gasteiger partial charge in [0.15, 0.2) is 0 Å². The predicted octanol–water partition coefficient (Wildman–Crippen LogP) is 2.52. The largest absolute Gasteiger partial charge is 0.497 e. The minimum absolute atomic E-state index is 0.0847. The maximum absolute atomic E-state index is 12.9. The summed E-state index contributed by atoms with van der Waals surface area (Å²) >= 11 is 0. The van der Waals surface area contributed by atoms with Crippen LogP contribution in [-0.2, 0) is 9.53 Å². The van der Waals surface area contributed by atoms with Crippen molar-refractivity contribution in [2.24, 2.45) is 0 Å². The van der Waals surface area contributed by atoms with Gasteiger partial charge in [0.2, 0.25) is 0 Å². The minimum Gasteiger partial charge on any atom is -0.497 e. The zero-order chi connectivity index (χ0) is 21.7. The van der Waals surface area contributed by atoms with Gasteiger partial charge in [-0.1, -0.05) is 18.2 Å². The van der Waals surface area contributed by atoms with Crippen LogP contribution in [0.1, 0.15) is 42.2 Å². The van der Waals surface area contributed by atoms with Gasteiger partial charge in [0.25, 0.3) is 11.5 Å². The summed E-state index contributed by atoms with van der Waals surface area (Å²) in [6.45, 7) is 3.50. The van der Waals surface area contributed by atoms with Gasteiger partial charge >= 0.3 is 5.97 Å². The highest BCUT2D eigenvalue weighted by atomic mass is 16.5. The first-order valence-electron chi connectivity index (χ1n) is 9.49. The van der Waals surface area contributed by atoms with E-state index in [2.05, 4.69) is 10.3 Å². The van der Waals surface area contributed by atoms with Crippen LogP contribution in [-0.4, -0.2) is 34.5 Å². The summed E-state index contributed by atoms with van der Waals surface area (Å²) in [5.74, 6) is -0.436. The molecule has 8 heteroatoms. The van der Waals surface area contributed by atoms with Crippen LogP contribution in [0.3, 0.4) is 0 Å². The summed E-state index contributed by atoms with van der Waals surface area (Å²) in [4.78, 5) is 42.0. The molecule has 3 rings (SSSR count). The molecule has 0 radical (unpaired) electrons. The van der Waals surface area contributed by atoms with Crippen molar-refractivity contribution < 1.29 is 19.1 Å². The molecule has 156 valence electrons. The second-order valence-electron chi connectivity index (χ2n) is 6.95. The molecule has 8 nitrogen and oxygen atoms in total. The van der Waals surface area contributed by atoms with Gasteiger partial charge in [-0.15, -0.1) is 0 Å². The molecule has 1 aromatic carbocycles. The van der Waals surface area contributed by atoms with Gasteiger partial charge in [-0.2, -0.15) is 0 Å². The summed E-state index contributed by atoms with van der Waals surface area (Å²) in [6, 6.07) is 11.4. The number of methoxy groups -OCH3 is 1. The second kappa shape index (κ2) is 9.21. The summed E-state index contributed by atoms with van der Waals surface area (Å²) in [5.41, 5.74) is 0.510. The number of nitrogens with one attached hydrogen (secondary N) is 1. The molecule has 2 heterocycles. The fraction of sp³-hybridized carbons (Fsp3) is 0.273. The molecule has 3 aromatic rings. The number of carbonyl (C=O) groups excluding carboxylic acids is 2. The summed E-state index contributed by atoms with van der Waals surface area (Å²) in [6.07, 6.45) is 2.42. The molecule has 1 N–H and O–H groups in total. The highest BCUT2D eigenvalue weighted by Crippen LogP contribution is 2.21. The molecule has 1 atom stereocenters. The molecular formula is C22H23N3O5. The highest BCUT2D eigenvalue weighted by molar-refractivity contribution is 5.94. The third kappa shape index (κ3) is 4.83. The Morgan fingerprint density at radius 2 is 1.87 bits per heavy atom. The van der Waals surface area contributed by atoms with E-state index in [0.29, 0.717) is 17.0 Å². The standard InChI is InChI=1S/C22H23N3O5/c1-14(2)30-20(26)12-18(15-7-9-16(29-3)10-8-15)24-21(27)17-13-23-19-6-4-5-11-25(19)22(17)28/h4-11,13-14,18H,12H2,1-3H3,(H,24,27). The quantitative estimate of drug-likeness (QED) is 0.602. The molecule has 0 aliphatic carbocycles. The third-order valence-electron chi connectivity index (χ3n) is 4.42. The van der Waals surface area contributed by atoms with Crippen LogP contribution < -0.4 is 15.6 Å². The van der Waals surface area contributed by atoms with Gasteiger partial charge < -0.3 is 14.8 Å². The minimum atomic E-state index is -0.689. The number of amides is 1. The number of hydrogen-bond acceptors (Lipinski definition) is 6. The molecule has 2 aromatic heterocycles. The van der Waals surface area contributed by atoms with E-state index in [9.17, 15) is 14.4 Å². The molecule has 0 aliphatic rings. The number of benzene rings is 1. The number of pyridine rings is 1. The number of esters is 1. The second-order valence-corrected chi connectivity index (χ2v) is 6.95. The van der Waals surface area contributed by atoms with Gasteiger partial charge in [0.1, 0.15) is 17.0 Å². The fourth-order valence-corrected chi connectivity index (χ4v) is 2.98. The normalized spacial score (nSPS) is 11.9. The molecule has 0 aliphatic heterocycles. The lowest BCUT2D eigenvalue weighted by atomic mass is 10.0. The van der Waals surface area contributed by atoms with Crippen LogP contribution in [0.5, 0.6) is 5.75 Å². The SMILES string of the molecule is COc1ccc(C(CC(=O)OC(C)C)NC(=O)c2cnc3ccccn3c2=O)cc1. The van der Waals surface area contributed by atoms with Crippen LogP contribution in [0, 0.1) is 0 Å². The van der Waals surface area contributed by atoms with E-state index in [1.54, 1.807) is 69.6 Å². The lowest BCUT2D eigenvalue weighted by Crippen LogP contribution is -2.35. The average molecular weight is 409 g/mol. The third-order valence-corrected chi connectivity index (χ3v) is 4.42. The zero-order valence-corrected chi connectivity index (χ0v) is 17.0. The molecule has 0 saturated heterocycles. The maximum atomic E-state index is 12.9. The molecular weight excluding hydrogens is 386 g/mol. The van der Waals surface area contributed by atoms with Crippen molar-refractivity contribution in [3.63, 3.8) is 0 Å². The molecule has 0 fully saturated rings. The van der Waals surface area contributed by atoms with E-state index in [0.717, 1.165) is 0 Å². The average Bonchev–Trinajstić information content (AvgIpc) is 2.73. The number of nitrogens with zero attached hydrogens (tertiary/aromatic N) is 2. The van der Waals surface area contributed by atoms with E-state index in [4.69, 9.17) is 9.47 Å². The first-order chi connectivity index (χ1) is 14.4. The van der Waals surface area contributed by atoms with Gasteiger partial charge in [0, 0.05) is 12.4 Å². The smallest absolute Gasteiger partial charge is 0.308 e. The topological polar surface area (TPSA) is 99.0 Å². The van der Waals surface area contributed by atoms with Crippen molar-refractivity contribution in [3.05, 3.63) is 76.3 Å². The molecule has 0 bridgehead atoms. The maximum Gasteiger partial charge on any atom is 0.308 e. The monoisotopic (exact) mass is 409 g/mol. The lowest BCUT2D eigenvalue weighted by molar-refractivity contribution is -0.147. The fourth-order valence-electron chi connectivity index (χ4n) is 2.98. The summed E-state index contributed by atoms with van der Waals surface area (Å²) < 4.78 is 11.7. The van der Waals surface area contributed by atoms with Crippen molar-refractivity contribution in [3.8, 4) is 5.75 Å². The molecule has 0 spiro atoms. The Kier molecular flexibility index (Phi) is 6.46. The number of fused-ring (bicyclic) bond motifs is 1. The van der Waals surface area contributed by atoms with E-state index in [-0.39, 0.29) is 18.1 Å². The Morgan fingerprint density at radius 3 is 2.53 bits per heavy atom. The van der Waals surface area contributed by atoms with Crippen molar-refractivity contribution in [1.29, 1.82) is 0 Å². The zero-order valence-electron chi connectivity index (χ0n) is 17.0. The van der Waals surface area contributed by atoms with E-state index in [1.165, 1.54) is 10.6 Å². The number of carbonyl (C=O) groups is 2. The van der Waals surface area contributed by atoms with Crippen LogP contribution in [0.15, 0.2) is 59.7 Å². The molecule has 30 heavy (non-hydrogen) atoms. The first kappa shape index (κ1) is 21.0. The van der Waals surface area contributed by atoms with Crippen LogP contribution >= 0.6 is 0 Å². The van der Waals surface area contributed by atoms with E-state index in [1.807, 2.05) is 0 Å². The summed E-state index contributed by atoms with van der Waals surface area (Å²) in [7, 11) is 1.55. The predicted molar refractivity (Wildman–Crippen MR) is 111 cm³/mol. The van der Waals surface area contributed by atoms with Gasteiger partial charge in [0.05, 0.1) is 25.7 Å². The van der Waals surface area contributed by atoms with E-state index >= 15 is 0 Å². The van der Waals surface area contributed by atoms with Crippen molar-refractivity contribution in [2.45, 2.75) is 32.4 Å². The van der Waals surface area contributed by atoms with Crippen molar-refractivity contribution in [2.75, 3.05) is 7.11 Å². The van der Waals surface area contributed by atoms with Gasteiger partial charge in [-0.05, 0) is 43.7 Å². The van der Waals surface area contributed by atoms with Crippen molar-refractivity contribution in [1.82, 2.24) is 14.7 Å².